The number of benzene rings is 2. The SMILES string of the molecule is NC1CCC(NC(=O)C2N(C(=O)Nc3ccc(Cl)cc3)CCN2S(=O)(=O)c2ccc(F)cc2)CC1. The maximum Gasteiger partial charge on any atom is 0.323 e. The molecular formula is C23H27ClFN5O4S. The normalized spacial score (nSPS) is 23.2. The fourth-order valence-electron chi connectivity index (χ4n) is 4.35. The fourth-order valence-corrected chi connectivity index (χ4v) is 6.02. The Morgan fingerprint density at radius 1 is 0.971 bits per heavy atom. The molecule has 2 aromatic carbocycles. The smallest absolute Gasteiger partial charge is 0.323 e. The highest BCUT2D eigenvalue weighted by molar-refractivity contribution is 7.89. The van der Waals surface area contributed by atoms with Crippen molar-refractivity contribution in [3.05, 3.63) is 59.4 Å². The van der Waals surface area contributed by atoms with Crippen LogP contribution in [0.2, 0.25) is 5.02 Å². The van der Waals surface area contributed by atoms with Crippen LogP contribution in [0.15, 0.2) is 53.4 Å². The second-order valence-corrected chi connectivity index (χ2v) is 11.0. The van der Waals surface area contributed by atoms with Gasteiger partial charge in [-0.2, -0.15) is 4.31 Å². The number of sulfonamides is 1. The fraction of sp³-hybridized carbons (Fsp3) is 0.391. The minimum atomic E-state index is -4.20. The van der Waals surface area contributed by atoms with Crippen LogP contribution >= 0.6 is 11.6 Å². The number of carbonyl (C=O) groups is 2. The summed E-state index contributed by atoms with van der Waals surface area (Å²) in [5, 5.41) is 6.08. The molecule has 1 atom stereocenters. The summed E-state index contributed by atoms with van der Waals surface area (Å²) in [5.74, 6) is -1.18. The standard InChI is InChI=1S/C23H27ClFN5O4S/c24-15-1-7-19(8-2-15)28-23(32)29-13-14-30(35(33,34)20-11-3-16(25)4-12-20)22(29)21(31)27-18-9-5-17(26)6-10-18/h1-4,7-8,11-12,17-18,22H,5-6,9-10,13-14,26H2,(H,27,31)(H,28,32). The molecule has 35 heavy (non-hydrogen) atoms. The molecule has 1 unspecified atom stereocenters. The highest BCUT2D eigenvalue weighted by Gasteiger charge is 2.47. The lowest BCUT2D eigenvalue weighted by Gasteiger charge is -2.32. The van der Waals surface area contributed by atoms with E-state index in [1.54, 1.807) is 24.3 Å². The summed E-state index contributed by atoms with van der Waals surface area (Å²) < 4.78 is 41.2. The third-order valence-electron chi connectivity index (χ3n) is 6.26. The van der Waals surface area contributed by atoms with Gasteiger partial charge in [0.1, 0.15) is 5.82 Å². The number of anilines is 1. The molecule has 1 aliphatic heterocycles. The van der Waals surface area contributed by atoms with Crippen molar-refractivity contribution in [1.82, 2.24) is 14.5 Å². The van der Waals surface area contributed by atoms with E-state index in [0.717, 1.165) is 41.4 Å². The maximum atomic E-state index is 13.4. The lowest BCUT2D eigenvalue weighted by Crippen LogP contribution is -2.56. The van der Waals surface area contributed by atoms with Crippen LogP contribution in [-0.4, -0.2) is 60.9 Å². The van der Waals surface area contributed by atoms with Gasteiger partial charge >= 0.3 is 6.03 Å². The van der Waals surface area contributed by atoms with Crippen LogP contribution in [0.3, 0.4) is 0 Å². The molecule has 0 spiro atoms. The van der Waals surface area contributed by atoms with Crippen LogP contribution < -0.4 is 16.4 Å². The van der Waals surface area contributed by atoms with Crippen molar-refractivity contribution in [2.75, 3.05) is 18.4 Å². The summed E-state index contributed by atoms with van der Waals surface area (Å²) in [6, 6.07) is 10.0. The van der Waals surface area contributed by atoms with Gasteiger partial charge < -0.3 is 16.4 Å². The van der Waals surface area contributed by atoms with Crippen molar-refractivity contribution in [2.24, 2.45) is 5.73 Å². The highest BCUT2D eigenvalue weighted by Crippen LogP contribution is 2.27. The van der Waals surface area contributed by atoms with Gasteiger partial charge in [-0.15, -0.1) is 0 Å². The van der Waals surface area contributed by atoms with E-state index < -0.39 is 33.9 Å². The van der Waals surface area contributed by atoms with Gasteiger partial charge in [0, 0.05) is 35.9 Å². The number of amides is 3. The number of rotatable bonds is 5. The van der Waals surface area contributed by atoms with E-state index in [-0.39, 0.29) is 30.1 Å². The Labute approximate surface area is 208 Å². The zero-order valence-electron chi connectivity index (χ0n) is 18.9. The topological polar surface area (TPSA) is 125 Å². The largest absolute Gasteiger partial charge is 0.350 e. The molecule has 2 aromatic rings. The number of halogens is 2. The van der Waals surface area contributed by atoms with Crippen LogP contribution in [0.4, 0.5) is 14.9 Å². The molecule has 0 bridgehead atoms. The first-order valence-electron chi connectivity index (χ1n) is 11.3. The van der Waals surface area contributed by atoms with Crippen molar-refractivity contribution in [2.45, 2.75) is 48.8 Å². The molecule has 1 heterocycles. The van der Waals surface area contributed by atoms with Gasteiger partial charge in [0.2, 0.25) is 10.0 Å². The van der Waals surface area contributed by atoms with Gasteiger partial charge in [0.15, 0.2) is 6.17 Å². The highest BCUT2D eigenvalue weighted by atomic mass is 35.5. The molecule has 3 amide bonds. The number of nitrogens with zero attached hydrogens (tertiary/aromatic N) is 2. The molecule has 1 saturated carbocycles. The minimum Gasteiger partial charge on any atom is -0.350 e. The van der Waals surface area contributed by atoms with Gasteiger partial charge in [-0.25, -0.2) is 17.6 Å². The number of hydrogen-bond acceptors (Lipinski definition) is 5. The van der Waals surface area contributed by atoms with Crippen LogP contribution in [0.5, 0.6) is 0 Å². The van der Waals surface area contributed by atoms with Gasteiger partial charge in [-0.1, -0.05) is 11.6 Å². The van der Waals surface area contributed by atoms with Crippen LogP contribution in [0, 0.1) is 5.82 Å². The van der Waals surface area contributed by atoms with Crippen molar-refractivity contribution in [1.29, 1.82) is 0 Å². The minimum absolute atomic E-state index is 0.00647. The Morgan fingerprint density at radius 2 is 1.60 bits per heavy atom. The number of nitrogens with one attached hydrogen (secondary N) is 2. The van der Waals surface area contributed by atoms with Gasteiger partial charge in [0.05, 0.1) is 4.90 Å². The van der Waals surface area contributed by atoms with E-state index >= 15 is 0 Å². The zero-order valence-corrected chi connectivity index (χ0v) is 20.4. The van der Waals surface area contributed by atoms with Gasteiger partial charge in [-0.05, 0) is 74.2 Å². The molecule has 2 fully saturated rings. The van der Waals surface area contributed by atoms with Crippen molar-refractivity contribution in [3.8, 4) is 0 Å². The predicted octanol–water partition coefficient (Wildman–Crippen LogP) is 2.73. The lowest BCUT2D eigenvalue weighted by atomic mass is 9.92. The maximum absolute atomic E-state index is 13.4. The molecular weight excluding hydrogens is 497 g/mol. The Hall–Kier alpha value is -2.73. The van der Waals surface area contributed by atoms with Crippen molar-refractivity contribution in [3.63, 3.8) is 0 Å². The molecule has 12 heteroatoms. The van der Waals surface area contributed by atoms with E-state index in [4.69, 9.17) is 17.3 Å². The second-order valence-electron chi connectivity index (χ2n) is 8.69. The molecule has 1 aliphatic carbocycles. The van der Waals surface area contributed by atoms with Gasteiger partial charge in [-0.3, -0.25) is 9.69 Å². The first-order chi connectivity index (χ1) is 16.6. The predicted molar refractivity (Wildman–Crippen MR) is 130 cm³/mol. The molecule has 4 rings (SSSR count). The van der Waals surface area contributed by atoms with E-state index in [0.29, 0.717) is 23.6 Å². The summed E-state index contributed by atoms with van der Waals surface area (Å²) in [6.45, 7) is -0.102. The van der Waals surface area contributed by atoms with E-state index in [1.165, 1.54) is 4.90 Å². The van der Waals surface area contributed by atoms with E-state index in [1.807, 2.05) is 0 Å². The second kappa shape index (κ2) is 10.5. The summed E-state index contributed by atoms with van der Waals surface area (Å²) in [7, 11) is -4.20. The third-order valence-corrected chi connectivity index (χ3v) is 8.38. The Bertz CT molecular complexity index is 1170. The lowest BCUT2D eigenvalue weighted by molar-refractivity contribution is -0.128. The Balaban J connectivity index is 1.60. The van der Waals surface area contributed by atoms with Crippen LogP contribution in [0.25, 0.3) is 0 Å². The molecule has 1 saturated heterocycles. The molecule has 188 valence electrons. The van der Waals surface area contributed by atoms with Crippen molar-refractivity contribution < 1.29 is 22.4 Å². The summed E-state index contributed by atoms with van der Waals surface area (Å²) in [5.41, 5.74) is 6.40. The quantitative estimate of drug-likeness (QED) is 0.555. The molecule has 4 N–H and O–H groups in total. The van der Waals surface area contributed by atoms with Crippen LogP contribution in [-0.2, 0) is 14.8 Å². The van der Waals surface area contributed by atoms with Crippen molar-refractivity contribution >= 4 is 39.2 Å². The van der Waals surface area contributed by atoms with Gasteiger partial charge in [0.25, 0.3) is 5.91 Å². The first-order valence-corrected chi connectivity index (χ1v) is 13.1. The molecule has 0 radical (unpaired) electrons. The number of nitrogens with two attached hydrogens (primary N) is 1. The summed E-state index contributed by atoms with van der Waals surface area (Å²) in [4.78, 5) is 27.5. The third kappa shape index (κ3) is 5.75. The number of carbonyl (C=O) groups excluding carboxylic acids is 2. The Morgan fingerprint density at radius 3 is 2.23 bits per heavy atom. The van der Waals surface area contributed by atoms with E-state index in [2.05, 4.69) is 10.6 Å². The summed E-state index contributed by atoms with van der Waals surface area (Å²) in [6.07, 6.45) is 1.41. The summed E-state index contributed by atoms with van der Waals surface area (Å²) >= 11 is 5.90. The monoisotopic (exact) mass is 523 g/mol. The Kier molecular flexibility index (Phi) is 7.60. The molecule has 2 aliphatic rings. The van der Waals surface area contributed by atoms with Crippen LogP contribution in [0.1, 0.15) is 25.7 Å². The number of urea groups is 1. The molecule has 9 nitrogen and oxygen atoms in total. The zero-order chi connectivity index (χ0) is 25.2. The number of hydrogen-bond donors (Lipinski definition) is 3. The molecule has 0 aromatic heterocycles. The first kappa shape index (κ1) is 25.4. The average Bonchev–Trinajstić information content (AvgIpc) is 3.29. The average molecular weight is 524 g/mol. The van der Waals surface area contributed by atoms with E-state index in [9.17, 15) is 22.4 Å².